The van der Waals surface area contributed by atoms with Gasteiger partial charge in [0.2, 0.25) is 0 Å². The smallest absolute Gasteiger partial charge is 0.122 e. The molecule has 3 atom stereocenters. The SMILES string of the molecule is C[C@@H]1CCCC(C(C)(C)Pc2ccccc2O)C1. The van der Waals surface area contributed by atoms with Gasteiger partial charge < -0.3 is 5.11 Å². The van der Waals surface area contributed by atoms with Crippen LogP contribution in [0.4, 0.5) is 0 Å². The van der Waals surface area contributed by atoms with E-state index < -0.39 is 0 Å². The van der Waals surface area contributed by atoms with Crippen LogP contribution in [-0.4, -0.2) is 10.3 Å². The largest absolute Gasteiger partial charge is 0.507 e. The first-order valence-electron chi connectivity index (χ1n) is 7.05. The molecule has 0 aliphatic heterocycles. The van der Waals surface area contributed by atoms with Gasteiger partial charge in [0.25, 0.3) is 0 Å². The number of phenols is 1. The minimum Gasteiger partial charge on any atom is -0.507 e. The molecule has 1 aromatic rings. The Morgan fingerprint density at radius 2 is 1.94 bits per heavy atom. The molecule has 0 amide bonds. The fraction of sp³-hybridized carbons (Fsp3) is 0.625. The predicted molar refractivity (Wildman–Crippen MR) is 81.3 cm³/mol. The fourth-order valence-electron chi connectivity index (χ4n) is 3.12. The molecule has 1 aromatic carbocycles. The summed E-state index contributed by atoms with van der Waals surface area (Å²) in [6.45, 7) is 7.13. The van der Waals surface area contributed by atoms with Crippen molar-refractivity contribution in [2.75, 3.05) is 0 Å². The van der Waals surface area contributed by atoms with Crippen LogP contribution >= 0.6 is 8.58 Å². The molecular weight excluding hydrogens is 239 g/mol. The summed E-state index contributed by atoms with van der Waals surface area (Å²) < 4.78 is 0. The van der Waals surface area contributed by atoms with Gasteiger partial charge in [-0.05, 0) is 35.9 Å². The summed E-state index contributed by atoms with van der Waals surface area (Å²) >= 11 is 0. The molecule has 0 spiro atoms. The minimum absolute atomic E-state index is 0.313. The zero-order valence-electron chi connectivity index (χ0n) is 11.7. The van der Waals surface area contributed by atoms with Crippen LogP contribution in [0.15, 0.2) is 24.3 Å². The highest BCUT2D eigenvalue weighted by Crippen LogP contribution is 2.46. The molecule has 0 heterocycles. The van der Waals surface area contributed by atoms with Crippen molar-refractivity contribution < 1.29 is 5.11 Å². The summed E-state index contributed by atoms with van der Waals surface area (Å²) in [6, 6.07) is 7.81. The maximum Gasteiger partial charge on any atom is 0.122 e. The van der Waals surface area contributed by atoms with Crippen molar-refractivity contribution in [1.29, 1.82) is 0 Å². The van der Waals surface area contributed by atoms with E-state index in [1.807, 2.05) is 18.2 Å². The molecule has 1 aliphatic carbocycles. The van der Waals surface area contributed by atoms with Gasteiger partial charge in [-0.25, -0.2) is 0 Å². The Morgan fingerprint density at radius 3 is 2.61 bits per heavy atom. The van der Waals surface area contributed by atoms with Crippen molar-refractivity contribution >= 4 is 13.9 Å². The molecule has 1 nitrogen and oxygen atoms in total. The molecule has 0 radical (unpaired) electrons. The van der Waals surface area contributed by atoms with E-state index in [1.165, 1.54) is 25.7 Å². The van der Waals surface area contributed by atoms with Gasteiger partial charge >= 0.3 is 0 Å². The fourth-order valence-corrected chi connectivity index (χ4v) is 4.67. The van der Waals surface area contributed by atoms with Crippen molar-refractivity contribution in [2.24, 2.45) is 11.8 Å². The second-order valence-corrected chi connectivity index (χ2v) is 8.41. The summed E-state index contributed by atoms with van der Waals surface area (Å²) in [7, 11) is 0.701. The molecule has 1 saturated carbocycles. The quantitative estimate of drug-likeness (QED) is 0.807. The molecule has 1 fully saturated rings. The van der Waals surface area contributed by atoms with Crippen molar-refractivity contribution in [1.82, 2.24) is 0 Å². The number of aromatic hydroxyl groups is 1. The van der Waals surface area contributed by atoms with Gasteiger partial charge in [0.1, 0.15) is 5.75 Å². The predicted octanol–water partition coefficient (Wildman–Crippen LogP) is 4.30. The third kappa shape index (κ3) is 3.26. The third-order valence-corrected chi connectivity index (χ3v) is 6.06. The number of benzene rings is 1. The first-order valence-corrected chi connectivity index (χ1v) is 8.05. The Bertz CT molecular complexity index is 400. The number of hydrogen-bond acceptors (Lipinski definition) is 1. The Kier molecular flexibility index (Phi) is 4.33. The topological polar surface area (TPSA) is 20.2 Å². The average molecular weight is 264 g/mol. The lowest BCUT2D eigenvalue weighted by Gasteiger charge is -2.39. The van der Waals surface area contributed by atoms with E-state index in [-0.39, 0.29) is 0 Å². The first-order chi connectivity index (χ1) is 8.49. The van der Waals surface area contributed by atoms with Crippen molar-refractivity contribution in [3.05, 3.63) is 24.3 Å². The summed E-state index contributed by atoms with van der Waals surface area (Å²) in [5, 5.41) is 11.4. The average Bonchev–Trinajstić information content (AvgIpc) is 2.32. The molecule has 100 valence electrons. The van der Waals surface area contributed by atoms with E-state index in [9.17, 15) is 5.11 Å². The van der Waals surface area contributed by atoms with Gasteiger partial charge in [-0.15, -0.1) is 0 Å². The van der Waals surface area contributed by atoms with E-state index in [1.54, 1.807) is 0 Å². The first kappa shape index (κ1) is 13.9. The van der Waals surface area contributed by atoms with Gasteiger partial charge in [-0.3, -0.25) is 0 Å². The second kappa shape index (κ2) is 5.61. The highest BCUT2D eigenvalue weighted by Gasteiger charge is 2.33. The molecule has 0 bridgehead atoms. The van der Waals surface area contributed by atoms with Crippen LogP contribution in [-0.2, 0) is 0 Å². The van der Waals surface area contributed by atoms with E-state index in [2.05, 4.69) is 26.8 Å². The third-order valence-electron chi connectivity index (χ3n) is 4.32. The van der Waals surface area contributed by atoms with Gasteiger partial charge in [-0.2, -0.15) is 0 Å². The Morgan fingerprint density at radius 1 is 1.22 bits per heavy atom. The maximum atomic E-state index is 9.93. The molecule has 1 N–H and O–H groups in total. The van der Waals surface area contributed by atoms with Gasteiger partial charge in [0.05, 0.1) is 0 Å². The lowest BCUT2D eigenvalue weighted by molar-refractivity contribution is 0.243. The van der Waals surface area contributed by atoms with Crippen molar-refractivity contribution in [2.45, 2.75) is 51.6 Å². The van der Waals surface area contributed by atoms with Gasteiger partial charge in [0, 0.05) is 5.30 Å². The van der Waals surface area contributed by atoms with Crippen LogP contribution < -0.4 is 5.30 Å². The highest BCUT2D eigenvalue weighted by molar-refractivity contribution is 7.49. The summed E-state index contributed by atoms with van der Waals surface area (Å²) in [4.78, 5) is 0. The van der Waals surface area contributed by atoms with E-state index in [4.69, 9.17) is 0 Å². The van der Waals surface area contributed by atoms with Gasteiger partial charge in [-0.1, -0.05) is 60.4 Å². The minimum atomic E-state index is 0.313. The van der Waals surface area contributed by atoms with Crippen LogP contribution in [0.5, 0.6) is 5.75 Å². The molecule has 0 saturated heterocycles. The molecule has 18 heavy (non-hydrogen) atoms. The van der Waals surface area contributed by atoms with Crippen LogP contribution in [0.2, 0.25) is 0 Å². The monoisotopic (exact) mass is 264 g/mol. The lowest BCUT2D eigenvalue weighted by Crippen LogP contribution is -2.32. The van der Waals surface area contributed by atoms with Crippen molar-refractivity contribution in [3.63, 3.8) is 0 Å². The van der Waals surface area contributed by atoms with Crippen LogP contribution in [0.25, 0.3) is 0 Å². The standard InChI is InChI=1S/C16H25OP/c1-12-7-6-8-13(11-12)16(2,3)18-15-10-5-4-9-14(15)17/h4-5,9-10,12-13,17-18H,6-8,11H2,1-3H3/t12-,13?/m1/s1. The molecule has 2 unspecified atom stereocenters. The Labute approximate surface area is 113 Å². The number of para-hydroxylation sites is 1. The molecular formula is C16H25OP. The summed E-state index contributed by atoms with van der Waals surface area (Å²) in [5.41, 5.74) is 0. The van der Waals surface area contributed by atoms with Crippen molar-refractivity contribution in [3.8, 4) is 5.75 Å². The zero-order valence-corrected chi connectivity index (χ0v) is 12.7. The molecule has 2 heteroatoms. The van der Waals surface area contributed by atoms with E-state index in [0.717, 1.165) is 17.1 Å². The summed E-state index contributed by atoms with van der Waals surface area (Å²) in [6.07, 6.45) is 5.48. The number of hydrogen-bond donors (Lipinski definition) is 1. The van der Waals surface area contributed by atoms with E-state index in [0.29, 0.717) is 19.5 Å². The zero-order chi connectivity index (χ0) is 13.2. The highest BCUT2D eigenvalue weighted by atomic mass is 31.1. The number of rotatable bonds is 3. The molecule has 2 rings (SSSR count). The van der Waals surface area contributed by atoms with Crippen LogP contribution in [0.3, 0.4) is 0 Å². The lowest BCUT2D eigenvalue weighted by atomic mass is 9.76. The normalized spacial score (nSPS) is 25.7. The summed E-state index contributed by atoms with van der Waals surface area (Å²) in [5.74, 6) is 2.14. The molecule has 1 aliphatic rings. The van der Waals surface area contributed by atoms with Crippen LogP contribution in [0.1, 0.15) is 46.5 Å². The maximum absolute atomic E-state index is 9.93. The Hall–Kier alpha value is -0.550. The van der Waals surface area contributed by atoms with E-state index >= 15 is 0 Å². The number of phenolic OH excluding ortho intramolecular Hbond substituents is 1. The van der Waals surface area contributed by atoms with Crippen LogP contribution in [0, 0.1) is 11.8 Å². The molecule has 0 aromatic heterocycles. The Balaban J connectivity index is 2.09. The second-order valence-electron chi connectivity index (χ2n) is 6.33. The van der Waals surface area contributed by atoms with Gasteiger partial charge in [0.15, 0.2) is 0 Å².